The molecule has 5 rings (SSSR count). The number of halogens is 1. The van der Waals surface area contributed by atoms with Crippen molar-refractivity contribution in [1.82, 2.24) is 14.8 Å². The molecule has 9 nitrogen and oxygen atoms in total. The molecule has 0 bridgehead atoms. The summed E-state index contributed by atoms with van der Waals surface area (Å²) < 4.78 is 18.5. The van der Waals surface area contributed by atoms with Crippen molar-refractivity contribution in [1.29, 1.82) is 0 Å². The van der Waals surface area contributed by atoms with Crippen LogP contribution in [0.1, 0.15) is 21.5 Å². The van der Waals surface area contributed by atoms with Crippen LogP contribution in [0.4, 0.5) is 20.6 Å². The maximum Gasteiger partial charge on any atom is 0.411 e. The largest absolute Gasteiger partial charge is 0.494 e. The number of aromatic nitrogens is 1. The van der Waals surface area contributed by atoms with Crippen molar-refractivity contribution in [3.63, 3.8) is 0 Å². The average Bonchev–Trinajstić information content (AvgIpc) is 3.27. The van der Waals surface area contributed by atoms with Crippen molar-refractivity contribution in [2.75, 3.05) is 45.7 Å². The highest BCUT2D eigenvalue weighted by Gasteiger charge is 2.21. The molecule has 0 aliphatic carbocycles. The number of piperazine rings is 1. The molecule has 0 atom stereocenters. The molecule has 1 saturated heterocycles. The van der Waals surface area contributed by atoms with Gasteiger partial charge in [-0.2, -0.15) is 0 Å². The average molecular weight is 530 g/mol. The molecule has 1 aliphatic rings. The fraction of sp³-hybridized carbons (Fsp3) is 0.207. The molecule has 3 N–H and O–H groups in total. The van der Waals surface area contributed by atoms with Gasteiger partial charge in [0.2, 0.25) is 0 Å². The molecule has 0 unspecified atom stereocenters. The monoisotopic (exact) mass is 529 g/mol. The van der Waals surface area contributed by atoms with E-state index in [9.17, 15) is 19.1 Å². The van der Waals surface area contributed by atoms with E-state index in [1.54, 1.807) is 54.6 Å². The first-order valence-corrected chi connectivity index (χ1v) is 12.4. The van der Waals surface area contributed by atoms with E-state index in [0.29, 0.717) is 57.8 Å². The van der Waals surface area contributed by atoms with Gasteiger partial charge in [-0.15, -0.1) is 0 Å². The summed E-state index contributed by atoms with van der Waals surface area (Å²) in [7, 11) is 3.32. The van der Waals surface area contributed by atoms with Gasteiger partial charge in [-0.3, -0.25) is 10.1 Å². The van der Waals surface area contributed by atoms with Gasteiger partial charge in [-0.1, -0.05) is 12.1 Å². The Kier molecular flexibility index (Phi) is 7.29. The fourth-order valence-corrected chi connectivity index (χ4v) is 4.54. The summed E-state index contributed by atoms with van der Waals surface area (Å²) in [5.41, 5.74) is 3.54. The van der Waals surface area contributed by atoms with E-state index in [-0.39, 0.29) is 11.8 Å². The van der Waals surface area contributed by atoms with E-state index in [1.165, 1.54) is 19.2 Å². The molecular formula is C29H28FN5O4. The van der Waals surface area contributed by atoms with E-state index < -0.39 is 11.9 Å². The van der Waals surface area contributed by atoms with Crippen LogP contribution in [0.5, 0.6) is 5.88 Å². The summed E-state index contributed by atoms with van der Waals surface area (Å²) in [6.07, 6.45) is -0.598. The quantitative estimate of drug-likeness (QED) is 0.323. The molecule has 1 fully saturated rings. The van der Waals surface area contributed by atoms with Crippen LogP contribution in [-0.4, -0.2) is 77.9 Å². The highest BCUT2D eigenvalue weighted by atomic mass is 19.1. The van der Waals surface area contributed by atoms with Crippen LogP contribution in [0.3, 0.4) is 0 Å². The molecule has 39 heavy (non-hydrogen) atoms. The van der Waals surface area contributed by atoms with Gasteiger partial charge >= 0.3 is 6.09 Å². The van der Waals surface area contributed by atoms with Gasteiger partial charge in [0.15, 0.2) is 5.88 Å². The van der Waals surface area contributed by atoms with Gasteiger partial charge in [0.05, 0.1) is 29.6 Å². The second kappa shape index (κ2) is 11.0. The third-order valence-electron chi connectivity index (χ3n) is 6.71. The second-order valence-electron chi connectivity index (χ2n) is 9.34. The minimum Gasteiger partial charge on any atom is -0.494 e. The summed E-state index contributed by atoms with van der Waals surface area (Å²) in [4.78, 5) is 36.2. The number of likely N-dealkylation sites (N-methyl/N-ethyl adjacent to an activating group) is 1. The van der Waals surface area contributed by atoms with Gasteiger partial charge in [0.25, 0.3) is 5.91 Å². The van der Waals surface area contributed by atoms with Gasteiger partial charge in [-0.25, -0.2) is 14.2 Å². The summed E-state index contributed by atoms with van der Waals surface area (Å²) in [6.45, 7) is 3.04. The Balaban J connectivity index is 1.52. The molecule has 1 aromatic heterocycles. The number of hydrogen-bond acceptors (Lipinski definition) is 6. The standard InChI is InChI=1S/C29H28FN5O4/c1-34-13-15-35(16-14-34)28(37)19-5-10-21(11-6-19)31-26(18-3-8-22(9-4-18)32-29(38)39-2)25-23-12-7-20(30)17-24(23)33-27(25)36/h3-12,17,33,36H,13-16H2,1-2H3,(H,32,38). The number of carbonyl (C=O) groups excluding carboxylic acids is 2. The van der Waals surface area contributed by atoms with E-state index in [2.05, 4.69) is 19.9 Å². The Morgan fingerprint density at radius 2 is 1.64 bits per heavy atom. The maximum atomic E-state index is 13.9. The van der Waals surface area contributed by atoms with Gasteiger partial charge in [-0.05, 0) is 61.6 Å². The fourth-order valence-electron chi connectivity index (χ4n) is 4.54. The summed E-state index contributed by atoms with van der Waals surface area (Å²) >= 11 is 0. The van der Waals surface area contributed by atoms with Crippen LogP contribution in [0, 0.1) is 5.82 Å². The summed E-state index contributed by atoms with van der Waals surface area (Å²) in [5, 5.41) is 14.0. The lowest BCUT2D eigenvalue weighted by molar-refractivity contribution is 0.0664. The van der Waals surface area contributed by atoms with Crippen LogP contribution < -0.4 is 5.32 Å². The van der Waals surface area contributed by atoms with Crippen molar-refractivity contribution < 1.29 is 23.8 Å². The number of amides is 2. The molecule has 2 amide bonds. The minimum absolute atomic E-state index is 0.0242. The van der Waals surface area contributed by atoms with Crippen molar-refractivity contribution in [3.8, 4) is 5.88 Å². The maximum absolute atomic E-state index is 13.9. The molecule has 1 aliphatic heterocycles. The zero-order valence-corrected chi connectivity index (χ0v) is 21.6. The van der Waals surface area contributed by atoms with Gasteiger partial charge in [0, 0.05) is 48.4 Å². The number of anilines is 1. The lowest BCUT2D eigenvalue weighted by Crippen LogP contribution is -2.47. The number of nitrogens with one attached hydrogen (secondary N) is 2. The van der Waals surface area contributed by atoms with Crippen LogP contribution >= 0.6 is 0 Å². The minimum atomic E-state index is -0.598. The van der Waals surface area contributed by atoms with Crippen molar-refractivity contribution in [2.45, 2.75) is 0 Å². The zero-order valence-electron chi connectivity index (χ0n) is 21.6. The molecule has 10 heteroatoms. The third kappa shape index (κ3) is 5.60. The van der Waals surface area contributed by atoms with Crippen LogP contribution in [0.15, 0.2) is 71.7 Å². The van der Waals surface area contributed by atoms with Gasteiger partial charge < -0.3 is 24.6 Å². The number of hydrogen-bond donors (Lipinski definition) is 3. The van der Waals surface area contributed by atoms with Crippen LogP contribution in [-0.2, 0) is 4.74 Å². The van der Waals surface area contributed by atoms with Crippen molar-refractivity contribution in [3.05, 3.63) is 89.2 Å². The Labute approximate surface area is 224 Å². The molecule has 0 spiro atoms. The number of aromatic amines is 1. The number of aliphatic imine (C=N–C) groups is 1. The van der Waals surface area contributed by atoms with E-state index in [1.807, 2.05) is 11.9 Å². The first-order valence-electron chi connectivity index (χ1n) is 12.4. The normalized spacial score (nSPS) is 14.4. The molecule has 3 aromatic carbocycles. The Bertz CT molecular complexity index is 1540. The number of methoxy groups -OCH3 is 1. The number of H-pyrrole nitrogens is 1. The van der Waals surface area contributed by atoms with Crippen LogP contribution in [0.25, 0.3) is 10.9 Å². The van der Waals surface area contributed by atoms with E-state index >= 15 is 0 Å². The second-order valence-corrected chi connectivity index (χ2v) is 9.34. The molecule has 0 radical (unpaired) electrons. The summed E-state index contributed by atoms with van der Waals surface area (Å²) in [6, 6.07) is 18.1. The molecule has 4 aromatic rings. The smallest absolute Gasteiger partial charge is 0.411 e. The molecule has 2 heterocycles. The molecular weight excluding hydrogens is 501 g/mol. The predicted molar refractivity (Wildman–Crippen MR) is 148 cm³/mol. The first kappa shape index (κ1) is 25.9. The third-order valence-corrected chi connectivity index (χ3v) is 6.71. The molecule has 200 valence electrons. The number of fused-ring (bicyclic) bond motifs is 1. The summed E-state index contributed by atoms with van der Waals surface area (Å²) in [5.74, 6) is -0.621. The van der Waals surface area contributed by atoms with Crippen molar-refractivity contribution in [2.24, 2.45) is 4.99 Å². The van der Waals surface area contributed by atoms with E-state index in [0.717, 1.165) is 13.1 Å². The topological polar surface area (TPSA) is 110 Å². The molecule has 0 saturated carbocycles. The number of benzene rings is 3. The number of nitrogens with zero attached hydrogens (tertiary/aromatic N) is 3. The number of carbonyl (C=O) groups is 2. The number of aromatic hydroxyl groups is 1. The Hall–Kier alpha value is -4.70. The predicted octanol–water partition coefficient (Wildman–Crippen LogP) is 4.75. The number of rotatable bonds is 5. The Morgan fingerprint density at radius 3 is 2.31 bits per heavy atom. The first-order chi connectivity index (χ1) is 18.8. The lowest BCUT2D eigenvalue weighted by atomic mass is 10.0. The Morgan fingerprint density at radius 1 is 0.974 bits per heavy atom. The van der Waals surface area contributed by atoms with Gasteiger partial charge in [0.1, 0.15) is 5.82 Å². The number of ether oxygens (including phenoxy) is 1. The SMILES string of the molecule is COC(=O)Nc1ccc(C(=Nc2ccc(C(=O)N3CCN(C)CC3)cc2)c2c(O)[nH]c3cc(F)ccc23)cc1. The lowest BCUT2D eigenvalue weighted by Gasteiger charge is -2.32. The zero-order chi connectivity index (χ0) is 27.5. The highest BCUT2D eigenvalue weighted by molar-refractivity contribution is 6.22. The highest BCUT2D eigenvalue weighted by Crippen LogP contribution is 2.32. The van der Waals surface area contributed by atoms with Crippen molar-refractivity contribution >= 4 is 40.0 Å². The van der Waals surface area contributed by atoms with Crippen LogP contribution in [0.2, 0.25) is 0 Å². The van der Waals surface area contributed by atoms with E-state index in [4.69, 9.17) is 4.99 Å².